The lowest BCUT2D eigenvalue weighted by molar-refractivity contribution is -0.150. The van der Waals surface area contributed by atoms with E-state index in [1.165, 1.54) is 9.80 Å². The van der Waals surface area contributed by atoms with Crippen LogP contribution in [0.15, 0.2) is 6.07 Å². The molecule has 19 heavy (non-hydrogen) atoms. The molecule has 1 saturated heterocycles. The molecule has 0 aliphatic carbocycles. The average Bonchev–Trinajstić information content (AvgIpc) is 2.32. The van der Waals surface area contributed by atoms with Gasteiger partial charge in [0, 0.05) is 12.2 Å². The molecule has 0 spiro atoms. The van der Waals surface area contributed by atoms with Gasteiger partial charge in [0.2, 0.25) is 11.8 Å². The highest BCUT2D eigenvalue weighted by atomic mass is 35.5. The molecule has 1 aliphatic heterocycles. The van der Waals surface area contributed by atoms with Gasteiger partial charge in [0.05, 0.1) is 13.1 Å². The minimum Gasteiger partial charge on any atom is -0.332 e. The van der Waals surface area contributed by atoms with E-state index in [0.717, 1.165) is 5.69 Å². The third kappa shape index (κ3) is 3.20. The summed E-state index contributed by atoms with van der Waals surface area (Å²) in [7, 11) is 0. The van der Waals surface area contributed by atoms with Crippen LogP contribution in [0.25, 0.3) is 0 Å². The first kappa shape index (κ1) is 13.7. The quantitative estimate of drug-likeness (QED) is 0.763. The van der Waals surface area contributed by atoms with Crippen LogP contribution in [0.2, 0.25) is 5.15 Å². The molecule has 6 nitrogen and oxygen atoms in total. The van der Waals surface area contributed by atoms with E-state index in [2.05, 4.69) is 9.97 Å². The molecular weight excluding hydrogens is 268 g/mol. The van der Waals surface area contributed by atoms with Crippen molar-refractivity contribution in [2.24, 2.45) is 0 Å². The molecule has 0 atom stereocenters. The van der Waals surface area contributed by atoms with Gasteiger partial charge in [-0.05, 0) is 19.9 Å². The number of likely N-dealkylation sites (N-methyl/N-ethyl adjacent to an activating group) is 1. The molecule has 1 aromatic heterocycles. The summed E-state index contributed by atoms with van der Waals surface area (Å²) >= 11 is 5.85. The highest BCUT2D eigenvalue weighted by Crippen LogP contribution is 2.11. The number of aryl methyl sites for hydroxylation is 1. The molecule has 0 bridgehead atoms. The summed E-state index contributed by atoms with van der Waals surface area (Å²) in [6.07, 6.45) is 0. The summed E-state index contributed by atoms with van der Waals surface area (Å²) in [6, 6.07) is 1.65. The summed E-state index contributed by atoms with van der Waals surface area (Å²) in [4.78, 5) is 35.0. The summed E-state index contributed by atoms with van der Waals surface area (Å²) in [5.74, 6) is 0.305. The molecular formula is C12H15ClN4O2. The fourth-order valence-corrected chi connectivity index (χ4v) is 2.22. The number of carbonyl (C=O) groups is 2. The molecule has 0 unspecified atom stereocenters. The normalized spacial score (nSPS) is 16.2. The van der Waals surface area contributed by atoms with Crippen LogP contribution in [0, 0.1) is 6.92 Å². The molecule has 1 aromatic rings. The summed E-state index contributed by atoms with van der Waals surface area (Å²) in [5.41, 5.74) is 0.737. The van der Waals surface area contributed by atoms with Crippen molar-refractivity contribution >= 4 is 23.4 Å². The summed E-state index contributed by atoms with van der Waals surface area (Å²) < 4.78 is 0. The number of aromatic nitrogens is 2. The van der Waals surface area contributed by atoms with Gasteiger partial charge in [-0.25, -0.2) is 9.97 Å². The number of piperazine rings is 1. The van der Waals surface area contributed by atoms with Crippen LogP contribution in [-0.4, -0.2) is 51.2 Å². The van der Waals surface area contributed by atoms with Gasteiger partial charge >= 0.3 is 0 Å². The van der Waals surface area contributed by atoms with E-state index in [4.69, 9.17) is 11.6 Å². The molecule has 1 fully saturated rings. The molecule has 7 heteroatoms. The Morgan fingerprint density at radius 3 is 2.47 bits per heavy atom. The van der Waals surface area contributed by atoms with Crippen molar-refractivity contribution in [3.05, 3.63) is 22.7 Å². The van der Waals surface area contributed by atoms with Crippen LogP contribution in [0.5, 0.6) is 0 Å². The molecule has 2 heterocycles. The van der Waals surface area contributed by atoms with Crippen molar-refractivity contribution in [2.75, 3.05) is 19.6 Å². The average molecular weight is 283 g/mol. The highest BCUT2D eigenvalue weighted by Gasteiger charge is 2.29. The molecule has 0 aromatic carbocycles. The predicted molar refractivity (Wildman–Crippen MR) is 69.5 cm³/mol. The third-order valence-electron chi connectivity index (χ3n) is 2.94. The predicted octanol–water partition coefficient (Wildman–Crippen LogP) is 0.629. The molecule has 2 amide bonds. The van der Waals surface area contributed by atoms with Crippen molar-refractivity contribution in [1.29, 1.82) is 0 Å². The van der Waals surface area contributed by atoms with E-state index in [1.807, 2.05) is 6.92 Å². The minimum absolute atomic E-state index is 0.0548. The largest absolute Gasteiger partial charge is 0.332 e. The van der Waals surface area contributed by atoms with Crippen molar-refractivity contribution in [2.45, 2.75) is 20.4 Å². The Morgan fingerprint density at radius 1 is 1.21 bits per heavy atom. The molecule has 0 saturated carbocycles. The van der Waals surface area contributed by atoms with Crippen LogP contribution >= 0.6 is 11.6 Å². The first-order valence-corrected chi connectivity index (χ1v) is 6.43. The maximum atomic E-state index is 11.9. The SMILES string of the molecule is CCN1CC(=O)N(Cc2nc(C)cc(Cl)n2)CC1=O. The first-order valence-electron chi connectivity index (χ1n) is 6.05. The van der Waals surface area contributed by atoms with E-state index in [1.54, 1.807) is 13.0 Å². The summed E-state index contributed by atoms with van der Waals surface area (Å²) in [5, 5.41) is 0.341. The molecule has 1 aliphatic rings. The van der Waals surface area contributed by atoms with E-state index >= 15 is 0 Å². The van der Waals surface area contributed by atoms with Crippen molar-refractivity contribution in [3.8, 4) is 0 Å². The van der Waals surface area contributed by atoms with Gasteiger partial charge in [0.15, 0.2) is 0 Å². The Hall–Kier alpha value is -1.69. The van der Waals surface area contributed by atoms with Crippen molar-refractivity contribution < 1.29 is 9.59 Å². The monoisotopic (exact) mass is 282 g/mol. The van der Waals surface area contributed by atoms with Crippen LogP contribution in [0.4, 0.5) is 0 Å². The van der Waals surface area contributed by atoms with E-state index in [9.17, 15) is 9.59 Å². The van der Waals surface area contributed by atoms with Gasteiger partial charge in [0.1, 0.15) is 17.5 Å². The van der Waals surface area contributed by atoms with Crippen LogP contribution < -0.4 is 0 Å². The number of hydrogen-bond donors (Lipinski definition) is 0. The summed E-state index contributed by atoms with van der Waals surface area (Å²) in [6.45, 7) is 4.61. The molecule has 102 valence electrons. The number of nitrogens with zero attached hydrogens (tertiary/aromatic N) is 4. The highest BCUT2D eigenvalue weighted by molar-refractivity contribution is 6.29. The van der Waals surface area contributed by atoms with Crippen LogP contribution in [0.1, 0.15) is 18.4 Å². The maximum absolute atomic E-state index is 11.9. The zero-order valence-corrected chi connectivity index (χ0v) is 11.6. The maximum Gasteiger partial charge on any atom is 0.243 e. The molecule has 0 N–H and O–H groups in total. The van der Waals surface area contributed by atoms with Gasteiger partial charge in [-0.15, -0.1) is 0 Å². The lowest BCUT2D eigenvalue weighted by Crippen LogP contribution is -2.53. The first-order chi connectivity index (χ1) is 8.99. The smallest absolute Gasteiger partial charge is 0.243 e. The van der Waals surface area contributed by atoms with Crippen LogP contribution in [-0.2, 0) is 16.1 Å². The topological polar surface area (TPSA) is 66.4 Å². The molecule has 2 rings (SSSR count). The Kier molecular flexibility index (Phi) is 3.99. The number of hydrogen-bond acceptors (Lipinski definition) is 4. The fraction of sp³-hybridized carbons (Fsp3) is 0.500. The lowest BCUT2D eigenvalue weighted by atomic mass is 10.3. The Bertz CT molecular complexity index is 500. The number of halogens is 1. The van der Waals surface area contributed by atoms with E-state index in [-0.39, 0.29) is 31.4 Å². The van der Waals surface area contributed by atoms with Gasteiger partial charge < -0.3 is 9.80 Å². The Labute approximate surface area is 116 Å². The van der Waals surface area contributed by atoms with Crippen LogP contribution in [0.3, 0.4) is 0 Å². The van der Waals surface area contributed by atoms with E-state index in [0.29, 0.717) is 17.5 Å². The minimum atomic E-state index is -0.0947. The van der Waals surface area contributed by atoms with Gasteiger partial charge in [-0.2, -0.15) is 0 Å². The van der Waals surface area contributed by atoms with Gasteiger partial charge in [-0.1, -0.05) is 11.6 Å². The zero-order valence-electron chi connectivity index (χ0n) is 10.9. The standard InChI is InChI=1S/C12H15ClN4O2/c1-3-16-6-12(19)17(7-11(16)18)5-10-14-8(2)4-9(13)15-10/h4H,3,5-7H2,1-2H3. The molecule has 0 radical (unpaired) electrons. The lowest BCUT2D eigenvalue weighted by Gasteiger charge is -2.32. The second-order valence-corrected chi connectivity index (χ2v) is 4.79. The zero-order chi connectivity index (χ0) is 14.0. The Morgan fingerprint density at radius 2 is 1.84 bits per heavy atom. The second kappa shape index (κ2) is 5.52. The van der Waals surface area contributed by atoms with Crippen molar-refractivity contribution in [3.63, 3.8) is 0 Å². The number of carbonyl (C=O) groups excluding carboxylic acids is 2. The number of rotatable bonds is 3. The second-order valence-electron chi connectivity index (χ2n) is 4.41. The number of amides is 2. The third-order valence-corrected chi connectivity index (χ3v) is 3.13. The Balaban J connectivity index is 2.11. The van der Waals surface area contributed by atoms with Gasteiger partial charge in [0.25, 0.3) is 0 Å². The fourth-order valence-electron chi connectivity index (χ4n) is 1.97. The van der Waals surface area contributed by atoms with Gasteiger partial charge in [-0.3, -0.25) is 9.59 Å². The van der Waals surface area contributed by atoms with Crippen molar-refractivity contribution in [1.82, 2.24) is 19.8 Å². The van der Waals surface area contributed by atoms with E-state index < -0.39 is 0 Å².